The molecule has 0 spiro atoms. The third-order valence-corrected chi connectivity index (χ3v) is 7.64. The van der Waals surface area contributed by atoms with Crippen molar-refractivity contribution in [2.45, 2.75) is 32.7 Å². The first-order chi connectivity index (χ1) is 15.4. The van der Waals surface area contributed by atoms with Crippen LogP contribution in [0, 0.1) is 6.92 Å². The minimum atomic E-state index is -3.16. The number of hydrogen-bond donors (Lipinski definition) is 2. The van der Waals surface area contributed by atoms with Gasteiger partial charge in [-0.15, -0.1) is 0 Å². The van der Waals surface area contributed by atoms with Gasteiger partial charge in [-0.1, -0.05) is 0 Å². The largest absolute Gasteiger partial charge is 0.382 e. The Hall–Kier alpha value is -3.04. The Morgan fingerprint density at radius 3 is 2.62 bits per heavy atom. The highest BCUT2D eigenvalue weighted by Gasteiger charge is 2.27. The van der Waals surface area contributed by atoms with Crippen molar-refractivity contribution < 1.29 is 13.2 Å². The Morgan fingerprint density at radius 2 is 1.94 bits per heavy atom. The molecule has 3 heterocycles. The fourth-order valence-corrected chi connectivity index (χ4v) is 5.01. The van der Waals surface area contributed by atoms with Crippen LogP contribution in [-0.2, 0) is 10.0 Å². The van der Waals surface area contributed by atoms with Crippen molar-refractivity contribution in [2.24, 2.45) is 0 Å². The topological polar surface area (TPSA) is 104 Å². The fourth-order valence-electron chi connectivity index (χ4n) is 3.88. The normalized spacial score (nSPS) is 15.6. The summed E-state index contributed by atoms with van der Waals surface area (Å²) in [7, 11) is -3.16. The molecule has 2 N–H and O–H groups in total. The lowest BCUT2D eigenvalue weighted by Crippen LogP contribution is -2.42. The van der Waals surface area contributed by atoms with Crippen LogP contribution in [0.2, 0.25) is 0 Å². The average molecular weight is 454 g/mol. The second-order valence-electron chi connectivity index (χ2n) is 7.98. The van der Waals surface area contributed by atoms with Gasteiger partial charge >= 0.3 is 0 Å². The van der Waals surface area contributed by atoms with Gasteiger partial charge in [-0.3, -0.25) is 14.8 Å². The molecule has 0 radical (unpaired) electrons. The van der Waals surface area contributed by atoms with Crippen molar-refractivity contribution in [1.29, 1.82) is 0 Å². The molecular weight excluding hydrogens is 426 g/mol. The molecule has 1 saturated heterocycles. The number of piperidine rings is 1. The van der Waals surface area contributed by atoms with Gasteiger partial charge in [0.1, 0.15) is 0 Å². The zero-order chi connectivity index (χ0) is 22.7. The molecule has 1 aromatic carbocycles. The fraction of sp³-hybridized carbons (Fsp3) is 0.348. The van der Waals surface area contributed by atoms with Gasteiger partial charge in [0.2, 0.25) is 10.0 Å². The predicted molar refractivity (Wildman–Crippen MR) is 126 cm³/mol. The lowest BCUT2D eigenvalue weighted by molar-refractivity contribution is 0.102. The first kappa shape index (κ1) is 22.2. The molecular formula is C23H27N5O3S. The van der Waals surface area contributed by atoms with Gasteiger partial charge in [0.15, 0.2) is 0 Å². The Morgan fingerprint density at radius 1 is 1.16 bits per heavy atom. The Balaban J connectivity index is 1.54. The van der Waals surface area contributed by atoms with Crippen molar-refractivity contribution in [3.05, 3.63) is 60.2 Å². The van der Waals surface area contributed by atoms with E-state index in [0.717, 1.165) is 22.2 Å². The van der Waals surface area contributed by atoms with Gasteiger partial charge in [-0.2, -0.15) is 0 Å². The molecule has 9 heteroatoms. The predicted octanol–water partition coefficient (Wildman–Crippen LogP) is 3.42. The lowest BCUT2D eigenvalue weighted by Gasteiger charge is -2.32. The van der Waals surface area contributed by atoms with Crippen molar-refractivity contribution >= 4 is 38.1 Å². The Labute approximate surface area is 188 Å². The summed E-state index contributed by atoms with van der Waals surface area (Å²) in [6.07, 6.45) is 6.51. The minimum absolute atomic E-state index is 0.125. The number of aryl methyl sites for hydroxylation is 1. The first-order valence-corrected chi connectivity index (χ1v) is 12.3. The number of rotatable bonds is 6. The smallest absolute Gasteiger partial charge is 0.257 e. The molecule has 0 saturated carbocycles. The van der Waals surface area contributed by atoms with Crippen molar-refractivity contribution in [2.75, 3.05) is 29.5 Å². The van der Waals surface area contributed by atoms with E-state index in [2.05, 4.69) is 20.6 Å². The Kier molecular flexibility index (Phi) is 6.38. The second kappa shape index (κ2) is 9.22. The van der Waals surface area contributed by atoms with Crippen LogP contribution in [0.25, 0.3) is 10.8 Å². The van der Waals surface area contributed by atoms with E-state index in [1.807, 2.05) is 25.1 Å². The molecule has 168 valence electrons. The van der Waals surface area contributed by atoms with Gasteiger partial charge < -0.3 is 10.6 Å². The number of benzene rings is 1. The first-order valence-electron chi connectivity index (χ1n) is 10.7. The van der Waals surface area contributed by atoms with E-state index in [9.17, 15) is 13.2 Å². The number of hydrogen-bond acceptors (Lipinski definition) is 6. The Bertz CT molecular complexity index is 1220. The van der Waals surface area contributed by atoms with Crippen molar-refractivity contribution in [3.8, 4) is 0 Å². The number of carbonyl (C=O) groups is 1. The molecule has 1 fully saturated rings. The summed E-state index contributed by atoms with van der Waals surface area (Å²) in [5.41, 5.74) is 2.88. The molecule has 0 bridgehead atoms. The van der Waals surface area contributed by atoms with Crippen LogP contribution in [-0.4, -0.2) is 53.5 Å². The molecule has 3 aromatic rings. The number of amides is 1. The zero-order valence-corrected chi connectivity index (χ0v) is 19.0. The summed E-state index contributed by atoms with van der Waals surface area (Å²) in [6, 6.07) is 9.41. The quantitative estimate of drug-likeness (QED) is 0.593. The summed E-state index contributed by atoms with van der Waals surface area (Å²) in [5.74, 6) is -0.102. The van der Waals surface area contributed by atoms with Crippen LogP contribution >= 0.6 is 0 Å². The van der Waals surface area contributed by atoms with E-state index >= 15 is 0 Å². The number of nitrogens with zero attached hydrogens (tertiary/aromatic N) is 3. The van der Waals surface area contributed by atoms with Crippen LogP contribution in [0.5, 0.6) is 0 Å². The third kappa shape index (κ3) is 4.89. The highest BCUT2D eigenvalue weighted by molar-refractivity contribution is 7.89. The maximum atomic E-state index is 12.7. The number of anilines is 2. The summed E-state index contributed by atoms with van der Waals surface area (Å²) in [4.78, 5) is 21.1. The molecule has 2 aromatic heterocycles. The summed E-state index contributed by atoms with van der Waals surface area (Å²) < 4.78 is 25.8. The molecule has 0 atom stereocenters. The highest BCUT2D eigenvalue weighted by Crippen LogP contribution is 2.30. The number of sulfonamides is 1. The summed E-state index contributed by atoms with van der Waals surface area (Å²) in [5, 5.41) is 8.41. The van der Waals surface area contributed by atoms with Crippen molar-refractivity contribution in [3.63, 3.8) is 0 Å². The van der Waals surface area contributed by atoms with Gasteiger partial charge in [0.05, 0.1) is 11.3 Å². The maximum absolute atomic E-state index is 12.7. The van der Waals surface area contributed by atoms with Crippen LogP contribution in [0.3, 0.4) is 0 Å². The van der Waals surface area contributed by atoms with E-state index in [-0.39, 0.29) is 17.7 Å². The average Bonchev–Trinajstić information content (AvgIpc) is 2.80. The molecule has 1 aliphatic heterocycles. The molecule has 8 nitrogen and oxygen atoms in total. The molecule has 1 aliphatic rings. The van der Waals surface area contributed by atoms with Crippen LogP contribution in [0.4, 0.5) is 11.4 Å². The monoisotopic (exact) mass is 453 g/mol. The molecule has 1 amide bonds. The number of pyridine rings is 2. The van der Waals surface area contributed by atoms with E-state index in [1.165, 1.54) is 0 Å². The SMILES string of the molecule is CCS(=O)(=O)N1CCC(Nc2cc(NC(=O)c3ccc(C)nc3)cc3ccncc23)CC1. The van der Waals surface area contributed by atoms with Crippen LogP contribution in [0.1, 0.15) is 35.8 Å². The molecule has 0 unspecified atom stereocenters. The van der Waals surface area contributed by atoms with Crippen LogP contribution < -0.4 is 10.6 Å². The van der Waals surface area contributed by atoms with E-state index in [4.69, 9.17) is 0 Å². The lowest BCUT2D eigenvalue weighted by atomic mass is 10.0. The van der Waals surface area contributed by atoms with E-state index in [1.54, 1.807) is 42.0 Å². The van der Waals surface area contributed by atoms with E-state index in [0.29, 0.717) is 37.2 Å². The summed E-state index contributed by atoms with van der Waals surface area (Å²) >= 11 is 0. The van der Waals surface area contributed by atoms with Crippen molar-refractivity contribution in [1.82, 2.24) is 14.3 Å². The van der Waals surface area contributed by atoms with Crippen LogP contribution in [0.15, 0.2) is 48.9 Å². The van der Waals surface area contributed by atoms with Gasteiger partial charge in [0.25, 0.3) is 5.91 Å². The number of carbonyl (C=O) groups excluding carboxylic acids is 1. The third-order valence-electron chi connectivity index (χ3n) is 5.76. The van der Waals surface area contributed by atoms with Gasteiger partial charge in [-0.05, 0) is 62.4 Å². The summed E-state index contributed by atoms with van der Waals surface area (Å²) in [6.45, 7) is 4.55. The molecule has 32 heavy (non-hydrogen) atoms. The standard InChI is InChI=1S/C23H27N5O3S/c1-3-32(30,31)28-10-7-19(8-11-28)26-22-13-20(12-17-6-9-24-15-21(17)22)27-23(29)18-5-4-16(2)25-14-18/h4-6,9,12-15,19,26H,3,7-8,10-11H2,1-2H3,(H,27,29). The molecule has 0 aliphatic carbocycles. The van der Waals surface area contributed by atoms with E-state index < -0.39 is 10.0 Å². The number of nitrogens with one attached hydrogen (secondary N) is 2. The highest BCUT2D eigenvalue weighted by atomic mass is 32.2. The second-order valence-corrected chi connectivity index (χ2v) is 10.2. The minimum Gasteiger partial charge on any atom is -0.382 e. The van der Waals surface area contributed by atoms with Gasteiger partial charge in [-0.25, -0.2) is 12.7 Å². The molecule has 4 rings (SSSR count). The van der Waals surface area contributed by atoms with Gasteiger partial charge in [0, 0.05) is 60.2 Å². The number of aromatic nitrogens is 2. The maximum Gasteiger partial charge on any atom is 0.257 e. The zero-order valence-electron chi connectivity index (χ0n) is 18.2. The number of fused-ring (bicyclic) bond motifs is 1.